The molecule has 0 aliphatic heterocycles. The van der Waals surface area contributed by atoms with E-state index in [1.54, 1.807) is 0 Å². The number of rotatable bonds is 7. The van der Waals surface area contributed by atoms with Crippen LogP contribution < -0.4 is 4.74 Å². The van der Waals surface area contributed by atoms with Crippen molar-refractivity contribution in [2.75, 3.05) is 0 Å². The van der Waals surface area contributed by atoms with Gasteiger partial charge in [0.2, 0.25) is 0 Å². The molecule has 0 aliphatic carbocycles. The summed E-state index contributed by atoms with van der Waals surface area (Å²) < 4.78 is 6.02. The van der Waals surface area contributed by atoms with Gasteiger partial charge in [-0.2, -0.15) is 5.26 Å². The molecule has 0 aliphatic rings. The molecule has 0 heterocycles. The summed E-state index contributed by atoms with van der Waals surface area (Å²) in [5.74, 6) is 0.760. The smallest absolute Gasteiger partial charge is 0.123 e. The van der Waals surface area contributed by atoms with Crippen LogP contribution in [0.1, 0.15) is 44.7 Å². The molecule has 21 heavy (non-hydrogen) atoms. The number of alkyl halides is 1. The monoisotopic (exact) mass is 305 g/mol. The molecule has 1 aromatic rings. The molecule has 0 saturated carbocycles. The number of benzene rings is 1. The number of halogens is 1. The van der Waals surface area contributed by atoms with Gasteiger partial charge >= 0.3 is 0 Å². The van der Waals surface area contributed by atoms with E-state index in [1.165, 1.54) is 0 Å². The lowest BCUT2D eigenvalue weighted by molar-refractivity contribution is 0.201. The van der Waals surface area contributed by atoms with Crippen molar-refractivity contribution < 1.29 is 4.74 Å². The van der Waals surface area contributed by atoms with Gasteiger partial charge in [0, 0.05) is 5.38 Å². The summed E-state index contributed by atoms with van der Waals surface area (Å²) in [4.78, 5) is 0. The standard InChI is InChI=1S/C18H24ClNO/c1-12(2)16-8-6-13(3)18(10-16)21-14(4)7-9-17(11-20)15(5)19/h6,8,10,14-15,17H,1,7,9H2,2-5H3. The van der Waals surface area contributed by atoms with Crippen molar-refractivity contribution >= 4 is 17.2 Å². The lowest BCUT2D eigenvalue weighted by atomic mass is 10.00. The van der Waals surface area contributed by atoms with Crippen LogP contribution in [0.3, 0.4) is 0 Å². The quantitative estimate of drug-likeness (QED) is 0.637. The number of ether oxygens (including phenoxy) is 1. The van der Waals surface area contributed by atoms with Crippen LogP contribution >= 0.6 is 11.6 Å². The highest BCUT2D eigenvalue weighted by molar-refractivity contribution is 6.20. The van der Waals surface area contributed by atoms with Crippen LogP contribution in [0, 0.1) is 24.2 Å². The first kappa shape index (κ1) is 17.6. The second-order valence-electron chi connectivity index (χ2n) is 5.68. The molecule has 0 saturated heterocycles. The fourth-order valence-corrected chi connectivity index (χ4v) is 2.26. The first-order valence-electron chi connectivity index (χ1n) is 7.32. The van der Waals surface area contributed by atoms with E-state index < -0.39 is 0 Å². The Hall–Kier alpha value is -1.46. The Morgan fingerprint density at radius 1 is 1.38 bits per heavy atom. The Morgan fingerprint density at radius 2 is 2.05 bits per heavy atom. The summed E-state index contributed by atoms with van der Waals surface area (Å²) in [6, 6.07) is 8.38. The number of nitriles is 1. The maximum atomic E-state index is 9.06. The average molecular weight is 306 g/mol. The fraction of sp³-hybridized carbons (Fsp3) is 0.500. The van der Waals surface area contributed by atoms with Gasteiger partial charge in [-0.1, -0.05) is 24.3 Å². The SMILES string of the molecule is C=C(C)c1ccc(C)c(OC(C)CCC(C#N)C(C)Cl)c1. The number of aryl methyl sites for hydroxylation is 1. The molecule has 0 amide bonds. The second kappa shape index (κ2) is 8.10. The maximum absolute atomic E-state index is 9.06. The van der Waals surface area contributed by atoms with Gasteiger partial charge in [-0.05, 0) is 57.7 Å². The zero-order valence-electron chi connectivity index (χ0n) is 13.3. The van der Waals surface area contributed by atoms with Crippen LogP contribution in [0.15, 0.2) is 24.8 Å². The summed E-state index contributed by atoms with van der Waals surface area (Å²) in [7, 11) is 0. The zero-order valence-corrected chi connectivity index (χ0v) is 14.1. The molecule has 3 atom stereocenters. The second-order valence-corrected chi connectivity index (χ2v) is 6.37. The molecule has 0 spiro atoms. The van der Waals surface area contributed by atoms with E-state index in [9.17, 15) is 0 Å². The van der Waals surface area contributed by atoms with E-state index in [1.807, 2.05) is 39.8 Å². The van der Waals surface area contributed by atoms with Gasteiger partial charge in [-0.15, -0.1) is 11.6 Å². The fourth-order valence-electron chi connectivity index (χ4n) is 2.08. The van der Waals surface area contributed by atoms with E-state index in [-0.39, 0.29) is 17.4 Å². The molecule has 0 aromatic heterocycles. The number of nitrogens with zero attached hydrogens (tertiary/aromatic N) is 1. The lowest BCUT2D eigenvalue weighted by Gasteiger charge is -2.19. The Labute approximate surface area is 133 Å². The topological polar surface area (TPSA) is 33.0 Å². The van der Waals surface area contributed by atoms with Crippen molar-refractivity contribution in [1.82, 2.24) is 0 Å². The minimum absolute atomic E-state index is 0.0512. The van der Waals surface area contributed by atoms with Gasteiger partial charge in [-0.3, -0.25) is 0 Å². The largest absolute Gasteiger partial charge is 0.490 e. The molecule has 2 nitrogen and oxygen atoms in total. The van der Waals surface area contributed by atoms with Crippen LogP contribution in [0.4, 0.5) is 0 Å². The van der Waals surface area contributed by atoms with Crippen LogP contribution in [0.5, 0.6) is 5.75 Å². The molecule has 3 heteroatoms. The summed E-state index contributed by atoms with van der Waals surface area (Å²) in [6.45, 7) is 11.9. The Balaban J connectivity index is 2.66. The van der Waals surface area contributed by atoms with Crippen LogP contribution in [-0.2, 0) is 0 Å². The summed E-state index contributed by atoms with van der Waals surface area (Å²) in [6.07, 6.45) is 1.61. The zero-order chi connectivity index (χ0) is 16.0. The van der Waals surface area contributed by atoms with Crippen LogP contribution in [0.2, 0.25) is 0 Å². The van der Waals surface area contributed by atoms with E-state index in [0.717, 1.165) is 35.3 Å². The van der Waals surface area contributed by atoms with Gasteiger partial charge in [-0.25, -0.2) is 0 Å². The molecule has 0 radical (unpaired) electrons. The third-order valence-corrected chi connectivity index (χ3v) is 3.92. The number of hydrogen-bond acceptors (Lipinski definition) is 2. The van der Waals surface area contributed by atoms with Gasteiger partial charge < -0.3 is 4.74 Å². The highest BCUT2D eigenvalue weighted by Gasteiger charge is 2.16. The lowest BCUT2D eigenvalue weighted by Crippen LogP contribution is -2.17. The van der Waals surface area contributed by atoms with Gasteiger partial charge in [0.1, 0.15) is 5.75 Å². The van der Waals surface area contributed by atoms with Crippen molar-refractivity contribution in [2.45, 2.75) is 52.0 Å². The van der Waals surface area contributed by atoms with E-state index in [2.05, 4.69) is 18.7 Å². The predicted molar refractivity (Wildman–Crippen MR) is 89.6 cm³/mol. The average Bonchev–Trinajstić information content (AvgIpc) is 2.41. The first-order chi connectivity index (χ1) is 9.85. The highest BCUT2D eigenvalue weighted by atomic mass is 35.5. The third-order valence-electron chi connectivity index (χ3n) is 3.61. The molecule has 1 aromatic carbocycles. The minimum Gasteiger partial charge on any atom is -0.490 e. The normalized spacial score (nSPS) is 14.9. The van der Waals surface area contributed by atoms with Crippen LogP contribution in [-0.4, -0.2) is 11.5 Å². The first-order valence-corrected chi connectivity index (χ1v) is 7.75. The molecule has 0 fully saturated rings. The van der Waals surface area contributed by atoms with Crippen molar-refractivity contribution in [3.05, 3.63) is 35.9 Å². The Kier molecular flexibility index (Phi) is 6.78. The third kappa shape index (κ3) is 5.44. The number of hydrogen-bond donors (Lipinski definition) is 0. The predicted octanol–water partition coefficient (Wildman–Crippen LogP) is 5.34. The molecule has 0 bridgehead atoms. The molecular weight excluding hydrogens is 282 g/mol. The van der Waals surface area contributed by atoms with E-state index in [0.29, 0.717) is 0 Å². The van der Waals surface area contributed by atoms with E-state index in [4.69, 9.17) is 21.6 Å². The Bertz CT molecular complexity index is 531. The summed E-state index contributed by atoms with van der Waals surface area (Å²) >= 11 is 6.00. The molecule has 3 unspecified atom stereocenters. The summed E-state index contributed by atoms with van der Waals surface area (Å²) in [5.41, 5.74) is 3.22. The van der Waals surface area contributed by atoms with Crippen molar-refractivity contribution in [3.8, 4) is 11.8 Å². The van der Waals surface area contributed by atoms with Crippen molar-refractivity contribution in [2.24, 2.45) is 5.92 Å². The highest BCUT2D eigenvalue weighted by Crippen LogP contribution is 2.25. The van der Waals surface area contributed by atoms with Gasteiger partial charge in [0.15, 0.2) is 0 Å². The summed E-state index contributed by atoms with van der Waals surface area (Å²) in [5, 5.41) is 8.93. The van der Waals surface area contributed by atoms with Gasteiger partial charge in [0.25, 0.3) is 0 Å². The van der Waals surface area contributed by atoms with Crippen molar-refractivity contribution in [3.63, 3.8) is 0 Å². The molecule has 1 rings (SSSR count). The molecular formula is C18H24ClNO. The number of allylic oxidation sites excluding steroid dienone is 1. The minimum atomic E-state index is -0.129. The molecule has 114 valence electrons. The van der Waals surface area contributed by atoms with Crippen molar-refractivity contribution in [1.29, 1.82) is 5.26 Å². The van der Waals surface area contributed by atoms with E-state index >= 15 is 0 Å². The molecule has 0 N–H and O–H groups in total. The van der Waals surface area contributed by atoms with Crippen LogP contribution in [0.25, 0.3) is 5.57 Å². The Morgan fingerprint density at radius 3 is 2.57 bits per heavy atom. The van der Waals surface area contributed by atoms with Gasteiger partial charge in [0.05, 0.1) is 18.1 Å². The maximum Gasteiger partial charge on any atom is 0.123 e.